The summed E-state index contributed by atoms with van der Waals surface area (Å²) in [4.78, 5) is 25.3. The molecule has 2 heterocycles. The second-order valence-electron chi connectivity index (χ2n) is 8.69. The smallest absolute Gasteiger partial charge is 0.162 e. The van der Waals surface area contributed by atoms with Gasteiger partial charge in [0, 0.05) is 40.5 Å². The summed E-state index contributed by atoms with van der Waals surface area (Å²) in [5, 5.41) is 0.263. The fourth-order valence-electron chi connectivity index (χ4n) is 3.95. The number of ketones is 1. The Morgan fingerprint density at radius 3 is 2.71 bits per heavy atom. The molecule has 0 amide bonds. The maximum Gasteiger partial charge on any atom is 0.162 e. The summed E-state index contributed by atoms with van der Waals surface area (Å²) in [6, 6.07) is 14.0. The van der Waals surface area contributed by atoms with E-state index in [0.29, 0.717) is 22.6 Å². The first-order valence-electron chi connectivity index (χ1n) is 11.3. The van der Waals surface area contributed by atoms with Crippen LogP contribution in [0.1, 0.15) is 41.8 Å². The van der Waals surface area contributed by atoms with Crippen molar-refractivity contribution in [2.45, 2.75) is 25.9 Å². The molecule has 2 aromatic carbocycles. The quantitative estimate of drug-likeness (QED) is 0.181. The molecule has 2 aromatic heterocycles. The standard InChI is InChI=1S/C27H26Cl2FN3O2/c1-17(26-21(28)9-10-22(30)27(26)29)35-33-13-11-23-24(33)15-20(16-31-23)18-6-4-7-19(14-18)25(34)8-5-12-32(2)3/h4,6-7,9-11,13-17H,5,8,12H2,1-3H3. The van der Waals surface area contributed by atoms with Gasteiger partial charge < -0.3 is 9.74 Å². The summed E-state index contributed by atoms with van der Waals surface area (Å²) in [5.41, 5.74) is 4.24. The molecule has 8 heteroatoms. The van der Waals surface area contributed by atoms with Crippen molar-refractivity contribution in [3.8, 4) is 11.1 Å². The highest BCUT2D eigenvalue weighted by atomic mass is 35.5. The topological polar surface area (TPSA) is 47.4 Å². The van der Waals surface area contributed by atoms with E-state index in [1.54, 1.807) is 24.0 Å². The molecule has 4 aromatic rings. The minimum Gasteiger partial charge on any atom is -0.406 e. The van der Waals surface area contributed by atoms with Crippen LogP contribution in [0.5, 0.6) is 0 Å². The Labute approximate surface area is 214 Å². The lowest BCUT2D eigenvalue weighted by atomic mass is 10.0. The SMILES string of the molecule is CC(On1ccc2ncc(-c3cccc(C(=O)CCCN(C)C)c3)cc21)c1c(Cl)ccc(F)c1Cl. The molecule has 1 atom stereocenters. The maximum absolute atomic E-state index is 14.0. The summed E-state index contributed by atoms with van der Waals surface area (Å²) in [5.74, 6) is -0.439. The van der Waals surface area contributed by atoms with Gasteiger partial charge in [-0.2, -0.15) is 4.73 Å². The molecule has 0 aliphatic carbocycles. The van der Waals surface area contributed by atoms with Crippen molar-refractivity contribution in [1.29, 1.82) is 0 Å². The fourth-order valence-corrected chi connectivity index (χ4v) is 4.63. The van der Waals surface area contributed by atoms with E-state index in [0.717, 1.165) is 35.1 Å². The van der Waals surface area contributed by atoms with Gasteiger partial charge in [-0.25, -0.2) is 4.39 Å². The zero-order chi connectivity index (χ0) is 25.1. The lowest BCUT2D eigenvalue weighted by molar-refractivity contribution is 0.0562. The van der Waals surface area contributed by atoms with Gasteiger partial charge in [0.25, 0.3) is 0 Å². The summed E-state index contributed by atoms with van der Waals surface area (Å²) in [6.45, 7) is 2.62. The Bertz CT molecular complexity index is 1370. The molecule has 0 bridgehead atoms. The van der Waals surface area contributed by atoms with E-state index < -0.39 is 11.9 Å². The van der Waals surface area contributed by atoms with Crippen molar-refractivity contribution in [3.63, 3.8) is 0 Å². The molecule has 0 saturated carbocycles. The van der Waals surface area contributed by atoms with Gasteiger partial charge in [0.15, 0.2) is 11.9 Å². The molecule has 0 radical (unpaired) electrons. The van der Waals surface area contributed by atoms with Crippen LogP contribution in [0.15, 0.2) is 60.9 Å². The molecule has 0 saturated heterocycles. The molecule has 0 fully saturated rings. The first-order valence-corrected chi connectivity index (χ1v) is 12.1. The van der Waals surface area contributed by atoms with Gasteiger partial charge in [-0.05, 0) is 69.9 Å². The van der Waals surface area contributed by atoms with Crippen LogP contribution in [0, 0.1) is 5.82 Å². The Morgan fingerprint density at radius 2 is 1.94 bits per heavy atom. The number of hydrogen-bond donors (Lipinski definition) is 0. The third kappa shape index (κ3) is 5.67. The molecule has 0 aliphatic rings. The second kappa shape index (κ2) is 10.8. The van der Waals surface area contributed by atoms with Crippen LogP contribution in [0.25, 0.3) is 22.2 Å². The molecular formula is C27H26Cl2FN3O2. The molecule has 5 nitrogen and oxygen atoms in total. The van der Waals surface area contributed by atoms with Crippen LogP contribution in [-0.4, -0.2) is 41.0 Å². The van der Waals surface area contributed by atoms with E-state index in [9.17, 15) is 9.18 Å². The van der Waals surface area contributed by atoms with Crippen molar-refractivity contribution < 1.29 is 14.0 Å². The molecule has 182 valence electrons. The highest BCUT2D eigenvalue weighted by Gasteiger charge is 2.20. The lowest BCUT2D eigenvalue weighted by Crippen LogP contribution is -2.16. The highest BCUT2D eigenvalue weighted by Crippen LogP contribution is 2.33. The number of benzene rings is 2. The van der Waals surface area contributed by atoms with Crippen LogP contribution < -0.4 is 4.84 Å². The lowest BCUT2D eigenvalue weighted by Gasteiger charge is -2.19. The Kier molecular flexibility index (Phi) is 7.75. The molecule has 0 spiro atoms. The van der Waals surface area contributed by atoms with Gasteiger partial charge in [0.2, 0.25) is 0 Å². The Balaban J connectivity index is 1.60. The van der Waals surface area contributed by atoms with E-state index >= 15 is 0 Å². The fraction of sp³-hybridized carbons (Fsp3) is 0.259. The van der Waals surface area contributed by atoms with Crippen LogP contribution in [0.2, 0.25) is 10.0 Å². The van der Waals surface area contributed by atoms with Gasteiger partial charge in [-0.15, -0.1) is 0 Å². The van der Waals surface area contributed by atoms with Gasteiger partial charge in [-0.1, -0.05) is 41.4 Å². The monoisotopic (exact) mass is 513 g/mol. The van der Waals surface area contributed by atoms with Crippen molar-refractivity contribution in [1.82, 2.24) is 14.6 Å². The largest absolute Gasteiger partial charge is 0.406 e. The van der Waals surface area contributed by atoms with Crippen LogP contribution in [0.4, 0.5) is 4.39 Å². The molecule has 0 N–H and O–H groups in total. The normalized spacial score (nSPS) is 12.3. The average molecular weight is 514 g/mol. The summed E-state index contributed by atoms with van der Waals surface area (Å²) in [6.07, 6.45) is 4.20. The summed E-state index contributed by atoms with van der Waals surface area (Å²) in [7, 11) is 3.99. The first kappa shape index (κ1) is 25.2. The van der Waals surface area contributed by atoms with Crippen LogP contribution >= 0.6 is 23.2 Å². The summed E-state index contributed by atoms with van der Waals surface area (Å²) >= 11 is 12.4. The number of hydrogen-bond acceptors (Lipinski definition) is 4. The van der Waals surface area contributed by atoms with Gasteiger partial charge in [0.1, 0.15) is 11.3 Å². The minimum absolute atomic E-state index is 0.0626. The van der Waals surface area contributed by atoms with Gasteiger partial charge in [0.05, 0.1) is 10.5 Å². The number of fused-ring (bicyclic) bond motifs is 1. The Hall–Kier alpha value is -2.93. The number of carbonyl (C=O) groups is 1. The number of halogens is 3. The molecule has 0 aliphatic heterocycles. The highest BCUT2D eigenvalue weighted by molar-refractivity contribution is 6.36. The van der Waals surface area contributed by atoms with E-state index in [4.69, 9.17) is 28.0 Å². The third-order valence-electron chi connectivity index (χ3n) is 5.79. The number of carbonyl (C=O) groups excluding carboxylic acids is 1. The second-order valence-corrected chi connectivity index (χ2v) is 9.47. The van der Waals surface area contributed by atoms with Crippen molar-refractivity contribution >= 4 is 40.0 Å². The van der Waals surface area contributed by atoms with Crippen molar-refractivity contribution in [2.24, 2.45) is 0 Å². The van der Waals surface area contributed by atoms with E-state index in [2.05, 4.69) is 9.88 Å². The van der Waals surface area contributed by atoms with Gasteiger partial charge in [-0.3, -0.25) is 9.78 Å². The van der Waals surface area contributed by atoms with Crippen LogP contribution in [-0.2, 0) is 0 Å². The predicted octanol–water partition coefficient (Wildman–Crippen LogP) is 6.86. The van der Waals surface area contributed by atoms with Crippen LogP contribution in [0.3, 0.4) is 0 Å². The molecule has 4 rings (SSSR count). The van der Waals surface area contributed by atoms with Gasteiger partial charge >= 0.3 is 0 Å². The number of Topliss-reactive ketones (excluding diaryl/α,β-unsaturated/α-hetero) is 1. The van der Waals surface area contributed by atoms with E-state index in [1.807, 2.05) is 50.5 Å². The molecular weight excluding hydrogens is 488 g/mol. The Morgan fingerprint density at radius 1 is 1.14 bits per heavy atom. The number of rotatable bonds is 9. The zero-order valence-electron chi connectivity index (χ0n) is 19.8. The predicted molar refractivity (Wildman–Crippen MR) is 139 cm³/mol. The third-order valence-corrected chi connectivity index (χ3v) is 6.50. The minimum atomic E-state index is -0.618. The first-order chi connectivity index (χ1) is 16.7. The zero-order valence-corrected chi connectivity index (χ0v) is 21.3. The van der Waals surface area contributed by atoms with Crippen molar-refractivity contribution in [2.75, 3.05) is 20.6 Å². The van der Waals surface area contributed by atoms with Crippen molar-refractivity contribution in [3.05, 3.63) is 87.9 Å². The average Bonchev–Trinajstić information content (AvgIpc) is 3.23. The van der Waals surface area contributed by atoms with E-state index in [1.165, 1.54) is 12.1 Å². The molecule has 1 unspecified atom stereocenters. The molecule has 35 heavy (non-hydrogen) atoms. The summed E-state index contributed by atoms with van der Waals surface area (Å²) < 4.78 is 15.6. The van der Waals surface area contributed by atoms with E-state index in [-0.39, 0.29) is 10.8 Å². The number of aromatic nitrogens is 2. The number of nitrogens with zero attached hydrogens (tertiary/aromatic N) is 3. The maximum atomic E-state index is 14.0. The number of pyridine rings is 1.